The number of nitrogens with zero attached hydrogens (tertiary/aromatic N) is 6. The third-order valence-electron chi connectivity index (χ3n) is 4.77. The second kappa shape index (κ2) is 11.2. The lowest BCUT2D eigenvalue weighted by Gasteiger charge is -2.24. The van der Waals surface area contributed by atoms with Crippen molar-refractivity contribution >= 4 is 23.3 Å². The number of anilines is 1. The maximum absolute atomic E-state index is 12.3. The summed E-state index contributed by atoms with van der Waals surface area (Å²) in [7, 11) is 0. The third-order valence-corrected chi connectivity index (χ3v) is 4.77. The van der Waals surface area contributed by atoms with E-state index in [4.69, 9.17) is 19.7 Å². The summed E-state index contributed by atoms with van der Waals surface area (Å²) in [6.45, 7) is 5.28. The molecular weight excluding hydrogens is 418 g/mol. The normalized spacial score (nSPS) is 15.2. The molecule has 0 radical (unpaired) electrons. The Kier molecular flexibility index (Phi) is 8.08. The van der Waals surface area contributed by atoms with Crippen LogP contribution in [-0.2, 0) is 20.8 Å². The highest BCUT2D eigenvalue weighted by molar-refractivity contribution is 5.80. The topological polar surface area (TPSA) is 152 Å². The molecule has 0 aromatic carbocycles. The molecule has 32 heavy (non-hydrogen) atoms. The van der Waals surface area contributed by atoms with E-state index in [1.807, 2.05) is 19.1 Å². The minimum atomic E-state index is -0.516. The number of carbonyl (C=O) groups excluding carboxylic acids is 1. The molecule has 1 fully saturated rings. The second-order valence-corrected chi connectivity index (χ2v) is 7.21. The highest BCUT2D eigenvalue weighted by Crippen LogP contribution is 2.37. The van der Waals surface area contributed by atoms with Gasteiger partial charge >= 0.3 is 12.0 Å². The Labute approximate surface area is 184 Å². The number of hydrogen-bond donors (Lipinski definition) is 1. The summed E-state index contributed by atoms with van der Waals surface area (Å²) in [5.74, 6) is -0.555. The third kappa shape index (κ3) is 6.00. The van der Waals surface area contributed by atoms with Gasteiger partial charge in [0, 0.05) is 31.0 Å². The molecule has 0 saturated carbocycles. The number of pyridine rings is 1. The van der Waals surface area contributed by atoms with Gasteiger partial charge in [-0.25, -0.2) is 5.53 Å². The van der Waals surface area contributed by atoms with Crippen molar-refractivity contribution in [3.05, 3.63) is 34.5 Å². The monoisotopic (exact) mass is 443 g/mol. The van der Waals surface area contributed by atoms with Crippen molar-refractivity contribution in [1.82, 2.24) is 15.0 Å². The number of nitroso groups, excluding NO2 is 1. The average molecular weight is 443 g/mol. The molecule has 1 aliphatic heterocycles. The molecule has 1 unspecified atom stereocenters. The first-order valence-electron chi connectivity index (χ1n) is 10.2. The van der Waals surface area contributed by atoms with E-state index in [-0.39, 0.29) is 48.9 Å². The van der Waals surface area contributed by atoms with Crippen LogP contribution in [0.1, 0.15) is 24.6 Å². The van der Waals surface area contributed by atoms with Crippen molar-refractivity contribution in [2.75, 3.05) is 37.9 Å². The zero-order valence-corrected chi connectivity index (χ0v) is 18.0. The number of esters is 1. The van der Waals surface area contributed by atoms with Gasteiger partial charge < -0.3 is 19.1 Å². The van der Waals surface area contributed by atoms with Gasteiger partial charge in [-0.05, 0) is 37.1 Å². The Bertz CT molecular complexity index is 948. The predicted molar refractivity (Wildman–Crippen MR) is 113 cm³/mol. The number of nitrogens with one attached hydrogen (secondary N) is 1. The van der Waals surface area contributed by atoms with Crippen LogP contribution in [0.25, 0.3) is 0 Å². The molecule has 3 rings (SSSR count). The number of carbonyl (C=O) groups is 1. The van der Waals surface area contributed by atoms with Gasteiger partial charge in [0.2, 0.25) is 5.82 Å². The Balaban J connectivity index is 1.95. The average Bonchev–Trinajstić information content (AvgIpc) is 3.32. The van der Waals surface area contributed by atoms with Crippen LogP contribution in [0, 0.1) is 23.3 Å². The number of hydrogen-bond acceptors (Lipinski definition) is 12. The lowest BCUT2D eigenvalue weighted by Crippen LogP contribution is -2.31. The lowest BCUT2D eigenvalue weighted by atomic mass is 10.1. The van der Waals surface area contributed by atoms with Crippen molar-refractivity contribution in [1.29, 1.82) is 5.53 Å². The Hall–Kier alpha value is -3.54. The van der Waals surface area contributed by atoms with E-state index < -0.39 is 5.97 Å². The van der Waals surface area contributed by atoms with Gasteiger partial charge in [-0.15, -0.1) is 10.0 Å². The summed E-state index contributed by atoms with van der Waals surface area (Å²) in [5, 5.41) is 6.28. The van der Waals surface area contributed by atoms with Gasteiger partial charge in [-0.1, -0.05) is 6.07 Å². The summed E-state index contributed by atoms with van der Waals surface area (Å²) in [6.07, 6.45) is 2.52. The van der Waals surface area contributed by atoms with Crippen molar-refractivity contribution in [2.24, 2.45) is 16.2 Å². The molecule has 170 valence electrons. The van der Waals surface area contributed by atoms with Crippen LogP contribution >= 0.6 is 0 Å². The van der Waals surface area contributed by atoms with Crippen molar-refractivity contribution in [2.45, 2.75) is 26.8 Å². The second-order valence-electron chi connectivity index (χ2n) is 7.21. The van der Waals surface area contributed by atoms with E-state index in [9.17, 15) is 9.70 Å². The van der Waals surface area contributed by atoms with Gasteiger partial charge in [0.05, 0.1) is 19.8 Å². The van der Waals surface area contributed by atoms with Crippen LogP contribution in [0.15, 0.2) is 28.6 Å². The highest BCUT2D eigenvalue weighted by atomic mass is 16.5. The summed E-state index contributed by atoms with van der Waals surface area (Å²) in [4.78, 5) is 38.0. The molecule has 1 aliphatic rings. The highest BCUT2D eigenvalue weighted by Gasteiger charge is 2.25. The van der Waals surface area contributed by atoms with E-state index in [1.54, 1.807) is 13.1 Å². The standard InChI is InChI=1S/C20H25N7O5/c1-3-31-16(28)10-27(9-14-5-4-13(2)22-8-14)19-17(26-29)18(25-21)23-20(24-19)32-12-15-6-7-30-11-15/h4-5,8,15,21H,3,6-7,9-12H2,1-2H3. The molecule has 0 bridgehead atoms. The van der Waals surface area contributed by atoms with E-state index in [0.717, 1.165) is 17.7 Å². The molecule has 0 amide bonds. The Morgan fingerprint density at radius 2 is 2.22 bits per heavy atom. The molecule has 0 aliphatic carbocycles. The maximum Gasteiger partial charge on any atom is 0.325 e. The van der Waals surface area contributed by atoms with Crippen molar-refractivity contribution in [3.63, 3.8) is 0 Å². The van der Waals surface area contributed by atoms with Crippen molar-refractivity contribution in [3.8, 4) is 6.01 Å². The minimum absolute atomic E-state index is 0.0206. The van der Waals surface area contributed by atoms with Crippen LogP contribution in [-0.4, -0.2) is 53.9 Å². The molecule has 2 aromatic heterocycles. The minimum Gasteiger partial charge on any atom is -0.465 e. The fraction of sp³-hybridized carbons (Fsp3) is 0.500. The van der Waals surface area contributed by atoms with Crippen LogP contribution in [0.5, 0.6) is 6.01 Å². The largest absolute Gasteiger partial charge is 0.465 e. The van der Waals surface area contributed by atoms with E-state index in [2.05, 4.69) is 25.2 Å². The number of aromatic nitrogens is 3. The lowest BCUT2D eigenvalue weighted by molar-refractivity contribution is -0.141. The SMILES string of the molecule is CCOC(=O)CN(Cc1ccc(C)nc1)c1nc(OCC2CCOC2)nc(N=N)c1N=O. The molecule has 2 aromatic rings. The molecule has 0 spiro atoms. The molecule has 3 heterocycles. The fourth-order valence-corrected chi connectivity index (χ4v) is 3.14. The van der Waals surface area contributed by atoms with Crippen LogP contribution in [0.2, 0.25) is 0 Å². The zero-order valence-electron chi connectivity index (χ0n) is 18.0. The van der Waals surface area contributed by atoms with Gasteiger partial charge in [0.1, 0.15) is 6.54 Å². The number of ether oxygens (including phenoxy) is 3. The molecule has 1 saturated heterocycles. The maximum atomic E-state index is 12.3. The first-order chi connectivity index (χ1) is 15.5. The van der Waals surface area contributed by atoms with E-state index >= 15 is 0 Å². The van der Waals surface area contributed by atoms with Gasteiger partial charge in [-0.2, -0.15) is 9.97 Å². The summed E-state index contributed by atoms with van der Waals surface area (Å²) >= 11 is 0. The van der Waals surface area contributed by atoms with Gasteiger partial charge in [-0.3, -0.25) is 9.78 Å². The Morgan fingerprint density at radius 1 is 1.38 bits per heavy atom. The quantitative estimate of drug-likeness (QED) is 0.313. The Morgan fingerprint density at radius 3 is 2.84 bits per heavy atom. The number of aryl methyl sites for hydroxylation is 1. The first kappa shape index (κ1) is 23.1. The van der Waals surface area contributed by atoms with Crippen LogP contribution < -0.4 is 9.64 Å². The molecular formula is C20H25N7O5. The van der Waals surface area contributed by atoms with Crippen LogP contribution in [0.4, 0.5) is 17.3 Å². The summed E-state index contributed by atoms with van der Waals surface area (Å²) in [6, 6.07) is 3.61. The van der Waals surface area contributed by atoms with E-state index in [0.29, 0.717) is 19.8 Å². The van der Waals surface area contributed by atoms with Gasteiger partial charge in [0.15, 0.2) is 11.5 Å². The summed E-state index contributed by atoms with van der Waals surface area (Å²) < 4.78 is 16.1. The predicted octanol–water partition coefficient (Wildman–Crippen LogP) is 3.23. The number of rotatable bonds is 11. The molecule has 12 heteroatoms. The molecule has 1 N–H and O–H groups in total. The van der Waals surface area contributed by atoms with Crippen molar-refractivity contribution < 1.29 is 19.0 Å². The van der Waals surface area contributed by atoms with Gasteiger partial charge in [0.25, 0.3) is 0 Å². The molecule has 12 nitrogen and oxygen atoms in total. The first-order valence-corrected chi connectivity index (χ1v) is 10.2. The zero-order chi connectivity index (χ0) is 22.9. The van der Waals surface area contributed by atoms with Crippen LogP contribution in [0.3, 0.4) is 0 Å². The summed E-state index contributed by atoms with van der Waals surface area (Å²) in [5.41, 5.74) is 8.76. The van der Waals surface area contributed by atoms with E-state index in [1.165, 1.54) is 4.90 Å². The fourth-order valence-electron chi connectivity index (χ4n) is 3.14. The smallest absolute Gasteiger partial charge is 0.325 e. The molecule has 1 atom stereocenters.